The van der Waals surface area contributed by atoms with E-state index in [1.807, 2.05) is 6.92 Å². The molecule has 3 nitrogen and oxygen atoms in total. The number of halogens is 4. The molecule has 0 fully saturated rings. The number of alkyl halides is 1. The van der Waals surface area contributed by atoms with Gasteiger partial charge in [0.05, 0.1) is 20.7 Å². The summed E-state index contributed by atoms with van der Waals surface area (Å²) >= 11 is 19.6. The maximum atomic E-state index is 11.3. The molecule has 1 aliphatic rings. The predicted octanol–water partition coefficient (Wildman–Crippen LogP) is 4.13. The van der Waals surface area contributed by atoms with Gasteiger partial charge in [-0.25, -0.2) is 0 Å². The first-order valence-electron chi connectivity index (χ1n) is 5.08. The number of carbonyl (C=O) groups is 1. The van der Waals surface area contributed by atoms with Gasteiger partial charge in [-0.3, -0.25) is 9.80 Å². The van der Waals surface area contributed by atoms with Crippen LogP contribution < -0.4 is 5.01 Å². The van der Waals surface area contributed by atoms with E-state index < -0.39 is 5.24 Å². The van der Waals surface area contributed by atoms with Crippen LogP contribution in [0.15, 0.2) is 23.3 Å². The van der Waals surface area contributed by atoms with E-state index in [0.29, 0.717) is 21.4 Å². The first-order chi connectivity index (χ1) is 8.41. The number of anilines is 1. The van der Waals surface area contributed by atoms with Crippen LogP contribution in [-0.4, -0.2) is 20.9 Å². The molecule has 0 N–H and O–H groups in total. The standard InChI is InChI=1S/C11H8Cl3IN2O/c1-5-9(15)10(11(14)18)16-17(5)8-3-2-6(12)4-7(8)13/h2-5,9H,1H3/t5-,9-/m0/s1. The SMILES string of the molecule is C[C@H]1[C@H](I)C(C(=O)Cl)=NN1c1ccc(Cl)cc1Cl. The molecule has 2 atom stereocenters. The third kappa shape index (κ3) is 2.61. The lowest BCUT2D eigenvalue weighted by Crippen LogP contribution is -2.31. The molecular weight excluding hydrogens is 409 g/mol. The Morgan fingerprint density at radius 2 is 2.11 bits per heavy atom. The Bertz CT molecular complexity index is 535. The summed E-state index contributed by atoms with van der Waals surface area (Å²) in [4.78, 5) is 11.3. The van der Waals surface area contributed by atoms with Crippen LogP contribution >= 0.6 is 57.4 Å². The van der Waals surface area contributed by atoms with Crippen molar-refractivity contribution in [3.63, 3.8) is 0 Å². The van der Waals surface area contributed by atoms with Gasteiger partial charge in [0.25, 0.3) is 5.24 Å². The van der Waals surface area contributed by atoms with Crippen LogP contribution in [0.1, 0.15) is 6.92 Å². The van der Waals surface area contributed by atoms with Gasteiger partial charge in [0.1, 0.15) is 5.71 Å². The van der Waals surface area contributed by atoms with Gasteiger partial charge in [0.2, 0.25) is 0 Å². The third-order valence-electron chi connectivity index (χ3n) is 2.64. The van der Waals surface area contributed by atoms with Crippen molar-refractivity contribution in [2.45, 2.75) is 16.9 Å². The van der Waals surface area contributed by atoms with Crippen LogP contribution in [0.25, 0.3) is 0 Å². The van der Waals surface area contributed by atoms with Crippen LogP contribution in [0.4, 0.5) is 5.69 Å². The molecule has 0 aromatic heterocycles. The third-order valence-corrected chi connectivity index (χ3v) is 5.01. The molecule has 96 valence electrons. The minimum Gasteiger partial charge on any atom is -0.274 e. The second-order valence-electron chi connectivity index (χ2n) is 3.84. The summed E-state index contributed by atoms with van der Waals surface area (Å²) in [6.07, 6.45) is 0. The highest BCUT2D eigenvalue weighted by Gasteiger charge is 2.36. The van der Waals surface area contributed by atoms with Crippen molar-refractivity contribution in [2.75, 3.05) is 5.01 Å². The molecule has 0 amide bonds. The van der Waals surface area contributed by atoms with Gasteiger partial charge in [-0.1, -0.05) is 45.8 Å². The number of benzene rings is 1. The van der Waals surface area contributed by atoms with E-state index in [2.05, 4.69) is 27.7 Å². The molecule has 2 rings (SSSR count). The lowest BCUT2D eigenvalue weighted by atomic mass is 10.2. The van der Waals surface area contributed by atoms with Crippen molar-refractivity contribution in [3.05, 3.63) is 28.2 Å². The minimum absolute atomic E-state index is 0.00183. The second-order valence-corrected chi connectivity index (χ2v) is 6.37. The summed E-state index contributed by atoms with van der Waals surface area (Å²) in [6, 6.07) is 5.15. The summed E-state index contributed by atoms with van der Waals surface area (Å²) in [5, 5.41) is 6.46. The Kier molecular flexibility index (Phi) is 4.41. The normalized spacial score (nSPS) is 23.2. The fourth-order valence-electron chi connectivity index (χ4n) is 1.70. The molecule has 1 aliphatic heterocycles. The van der Waals surface area contributed by atoms with Crippen molar-refractivity contribution in [3.8, 4) is 0 Å². The van der Waals surface area contributed by atoms with Gasteiger partial charge in [-0.2, -0.15) is 5.10 Å². The predicted molar refractivity (Wildman–Crippen MR) is 84.5 cm³/mol. The first-order valence-corrected chi connectivity index (χ1v) is 7.46. The Morgan fingerprint density at radius 1 is 1.44 bits per heavy atom. The van der Waals surface area contributed by atoms with E-state index in [4.69, 9.17) is 34.8 Å². The van der Waals surface area contributed by atoms with Crippen molar-refractivity contribution in [1.82, 2.24) is 0 Å². The molecule has 0 radical (unpaired) electrons. The molecule has 1 aromatic rings. The number of hydrogen-bond acceptors (Lipinski definition) is 3. The Balaban J connectivity index is 2.42. The van der Waals surface area contributed by atoms with Gasteiger partial charge >= 0.3 is 0 Å². The largest absolute Gasteiger partial charge is 0.274 e. The molecule has 0 saturated carbocycles. The molecule has 18 heavy (non-hydrogen) atoms. The summed E-state index contributed by atoms with van der Waals surface area (Å²) in [7, 11) is 0. The fourth-order valence-corrected chi connectivity index (χ4v) is 3.25. The highest BCUT2D eigenvalue weighted by Crippen LogP contribution is 2.35. The van der Waals surface area contributed by atoms with Crippen molar-refractivity contribution in [1.29, 1.82) is 0 Å². The lowest BCUT2D eigenvalue weighted by Gasteiger charge is -2.22. The topological polar surface area (TPSA) is 32.7 Å². The molecular formula is C11H8Cl3IN2O. The van der Waals surface area contributed by atoms with Gasteiger partial charge in [-0.15, -0.1) is 0 Å². The number of nitrogens with zero attached hydrogens (tertiary/aromatic N) is 2. The molecule has 0 aliphatic carbocycles. The average Bonchev–Trinajstić information content (AvgIpc) is 2.57. The van der Waals surface area contributed by atoms with E-state index in [1.165, 1.54) is 0 Å². The molecule has 7 heteroatoms. The zero-order valence-corrected chi connectivity index (χ0v) is 13.6. The van der Waals surface area contributed by atoms with Crippen LogP contribution in [0.5, 0.6) is 0 Å². The summed E-state index contributed by atoms with van der Waals surface area (Å²) < 4.78 is -0.0701. The van der Waals surface area contributed by atoms with Gasteiger partial charge < -0.3 is 0 Å². The van der Waals surface area contributed by atoms with Gasteiger partial charge in [0.15, 0.2) is 0 Å². The van der Waals surface area contributed by atoms with Crippen molar-refractivity contribution in [2.24, 2.45) is 5.10 Å². The van der Waals surface area contributed by atoms with Crippen molar-refractivity contribution < 1.29 is 4.79 Å². The zero-order valence-electron chi connectivity index (χ0n) is 9.20. The van der Waals surface area contributed by atoms with E-state index in [0.717, 1.165) is 0 Å². The smallest absolute Gasteiger partial charge is 0.269 e. The second kappa shape index (κ2) is 5.53. The lowest BCUT2D eigenvalue weighted by molar-refractivity contribution is -0.106. The maximum absolute atomic E-state index is 11.3. The number of hydrogen-bond donors (Lipinski definition) is 0. The quantitative estimate of drug-likeness (QED) is 0.412. The number of hydrazone groups is 1. The van der Waals surface area contributed by atoms with E-state index in [-0.39, 0.29) is 9.97 Å². The fraction of sp³-hybridized carbons (Fsp3) is 0.273. The minimum atomic E-state index is -0.533. The Labute approximate surface area is 133 Å². The number of rotatable bonds is 2. The summed E-state index contributed by atoms with van der Waals surface area (Å²) in [5.41, 5.74) is 1.05. The Morgan fingerprint density at radius 3 is 2.61 bits per heavy atom. The van der Waals surface area contributed by atoms with Gasteiger partial charge in [-0.05, 0) is 36.7 Å². The summed E-state index contributed by atoms with van der Waals surface area (Å²) in [5.74, 6) is 0. The molecule has 0 unspecified atom stereocenters. The molecule has 1 aromatic carbocycles. The summed E-state index contributed by atoms with van der Waals surface area (Å²) in [6.45, 7) is 1.96. The van der Waals surface area contributed by atoms with E-state index in [1.54, 1.807) is 23.2 Å². The zero-order chi connectivity index (χ0) is 13.4. The first kappa shape index (κ1) is 14.4. The molecule has 0 bridgehead atoms. The monoisotopic (exact) mass is 416 g/mol. The average molecular weight is 417 g/mol. The van der Waals surface area contributed by atoms with E-state index >= 15 is 0 Å². The Hall–Kier alpha value is -0.0400. The molecule has 0 spiro atoms. The van der Waals surface area contributed by atoms with E-state index in [9.17, 15) is 4.79 Å². The highest BCUT2D eigenvalue weighted by atomic mass is 127. The number of carbonyl (C=O) groups excluding carboxylic acids is 1. The van der Waals surface area contributed by atoms with Crippen LogP contribution in [0.3, 0.4) is 0 Å². The van der Waals surface area contributed by atoms with Gasteiger partial charge in [0, 0.05) is 5.02 Å². The molecule has 0 saturated heterocycles. The molecule has 1 heterocycles. The van der Waals surface area contributed by atoms with Crippen LogP contribution in [-0.2, 0) is 4.79 Å². The van der Waals surface area contributed by atoms with Crippen molar-refractivity contribution >= 4 is 74.0 Å². The maximum Gasteiger partial charge on any atom is 0.269 e. The van der Waals surface area contributed by atoms with Crippen LogP contribution in [0.2, 0.25) is 10.0 Å². The highest BCUT2D eigenvalue weighted by molar-refractivity contribution is 14.1. The van der Waals surface area contributed by atoms with Crippen LogP contribution in [0, 0.1) is 0 Å².